The molecule has 14 heavy (non-hydrogen) atoms. The highest BCUT2D eigenvalue weighted by molar-refractivity contribution is 5.86. The van der Waals surface area contributed by atoms with Crippen molar-refractivity contribution >= 4 is 10.8 Å². The van der Waals surface area contributed by atoms with Crippen LogP contribution in [0.3, 0.4) is 0 Å². The predicted octanol–water partition coefficient (Wildman–Crippen LogP) is 4.01. The van der Waals surface area contributed by atoms with E-state index < -0.39 is 6.17 Å². The number of hydrogen-bond acceptors (Lipinski definition) is 0. The van der Waals surface area contributed by atoms with Gasteiger partial charge in [-0.2, -0.15) is 0 Å². The smallest absolute Gasteiger partial charge is 0.131 e. The zero-order valence-electron chi connectivity index (χ0n) is 7.80. The van der Waals surface area contributed by atoms with Crippen LogP contribution in [0.25, 0.3) is 10.8 Å². The second-order valence-electron chi connectivity index (χ2n) is 3.30. The van der Waals surface area contributed by atoms with Gasteiger partial charge in [0.05, 0.1) is 0 Å². The van der Waals surface area contributed by atoms with Crippen molar-refractivity contribution in [1.82, 2.24) is 0 Å². The van der Waals surface area contributed by atoms with Crippen molar-refractivity contribution in [2.45, 2.75) is 13.1 Å². The number of fused-ring (bicyclic) bond motifs is 1. The first-order chi connectivity index (χ1) is 6.70. The van der Waals surface area contributed by atoms with Crippen molar-refractivity contribution in [2.75, 3.05) is 0 Å². The maximum absolute atomic E-state index is 13.3. The molecule has 0 amide bonds. The number of rotatable bonds is 1. The lowest BCUT2D eigenvalue weighted by atomic mass is 10.0. The van der Waals surface area contributed by atoms with E-state index in [0.29, 0.717) is 16.3 Å². The molecule has 2 aromatic carbocycles. The highest BCUT2D eigenvalue weighted by Gasteiger charge is 2.09. The Morgan fingerprint density at radius 1 is 1.00 bits per heavy atom. The van der Waals surface area contributed by atoms with Gasteiger partial charge in [-0.25, -0.2) is 8.78 Å². The highest BCUT2D eigenvalue weighted by Crippen LogP contribution is 2.27. The summed E-state index contributed by atoms with van der Waals surface area (Å²) in [5, 5.41) is 1.14. The summed E-state index contributed by atoms with van der Waals surface area (Å²) in [5.41, 5.74) is 0.544. The molecule has 0 bridgehead atoms. The van der Waals surface area contributed by atoms with Gasteiger partial charge in [0.15, 0.2) is 0 Å². The van der Waals surface area contributed by atoms with Gasteiger partial charge >= 0.3 is 0 Å². The molecular formula is C12H10F2. The third-order valence-corrected chi connectivity index (χ3v) is 2.33. The van der Waals surface area contributed by atoms with Crippen LogP contribution in [0.1, 0.15) is 18.7 Å². The quantitative estimate of drug-likeness (QED) is 0.640. The summed E-state index contributed by atoms with van der Waals surface area (Å²) < 4.78 is 26.5. The van der Waals surface area contributed by atoms with Crippen LogP contribution in [0.15, 0.2) is 36.4 Å². The van der Waals surface area contributed by atoms with Crippen LogP contribution in [0.2, 0.25) is 0 Å². The topological polar surface area (TPSA) is 0 Å². The fourth-order valence-electron chi connectivity index (χ4n) is 1.63. The fourth-order valence-corrected chi connectivity index (χ4v) is 1.63. The fraction of sp³-hybridized carbons (Fsp3) is 0.167. The molecule has 2 aromatic rings. The van der Waals surface area contributed by atoms with Gasteiger partial charge in [-0.3, -0.25) is 0 Å². The van der Waals surface area contributed by atoms with Gasteiger partial charge < -0.3 is 0 Å². The normalized spacial score (nSPS) is 13.1. The third kappa shape index (κ3) is 1.37. The molecule has 0 heterocycles. The molecule has 0 saturated carbocycles. The van der Waals surface area contributed by atoms with E-state index >= 15 is 0 Å². The molecule has 0 fully saturated rings. The molecule has 1 atom stereocenters. The summed E-state index contributed by atoms with van der Waals surface area (Å²) >= 11 is 0. The molecule has 72 valence electrons. The van der Waals surface area contributed by atoms with Gasteiger partial charge in [0.25, 0.3) is 0 Å². The lowest BCUT2D eigenvalue weighted by Crippen LogP contribution is -1.89. The monoisotopic (exact) mass is 192 g/mol. The molecule has 0 nitrogen and oxygen atoms in total. The molecule has 1 unspecified atom stereocenters. The minimum atomic E-state index is -1.07. The second-order valence-corrected chi connectivity index (χ2v) is 3.30. The minimum Gasteiger partial charge on any atom is -0.243 e. The van der Waals surface area contributed by atoms with Crippen LogP contribution >= 0.6 is 0 Å². The van der Waals surface area contributed by atoms with Gasteiger partial charge in [0.1, 0.15) is 12.0 Å². The average Bonchev–Trinajstić information content (AvgIpc) is 2.18. The second kappa shape index (κ2) is 3.37. The van der Waals surface area contributed by atoms with E-state index in [1.807, 2.05) is 0 Å². The SMILES string of the molecule is CC(F)c1ccc(F)c2ccccc12. The van der Waals surface area contributed by atoms with Crippen molar-refractivity contribution < 1.29 is 8.78 Å². The summed E-state index contributed by atoms with van der Waals surface area (Å²) in [6.07, 6.45) is -1.07. The highest BCUT2D eigenvalue weighted by atomic mass is 19.1. The number of hydrogen-bond donors (Lipinski definition) is 0. The van der Waals surface area contributed by atoms with E-state index in [4.69, 9.17) is 0 Å². The van der Waals surface area contributed by atoms with Gasteiger partial charge in [-0.1, -0.05) is 30.3 Å². The minimum absolute atomic E-state index is 0.301. The standard InChI is InChI=1S/C12H10F2/c1-8(13)9-6-7-12(14)11-5-3-2-4-10(9)11/h2-8H,1H3. The van der Waals surface area contributed by atoms with Crippen LogP contribution in [-0.2, 0) is 0 Å². The Bertz CT molecular complexity index is 461. The molecule has 0 spiro atoms. The Hall–Kier alpha value is -1.44. The zero-order chi connectivity index (χ0) is 10.1. The first kappa shape index (κ1) is 9.13. The molecule has 0 aliphatic heterocycles. The summed E-state index contributed by atoms with van der Waals surface area (Å²) in [7, 11) is 0. The van der Waals surface area contributed by atoms with Crippen LogP contribution in [-0.4, -0.2) is 0 Å². The molecule has 0 saturated heterocycles. The third-order valence-electron chi connectivity index (χ3n) is 2.33. The molecule has 0 aliphatic rings. The number of alkyl halides is 1. The molecular weight excluding hydrogens is 182 g/mol. The van der Waals surface area contributed by atoms with Gasteiger partial charge in [-0.15, -0.1) is 0 Å². The van der Waals surface area contributed by atoms with Gasteiger partial charge in [-0.05, 0) is 23.9 Å². The van der Waals surface area contributed by atoms with Crippen LogP contribution in [0.5, 0.6) is 0 Å². The van der Waals surface area contributed by atoms with E-state index in [1.54, 1.807) is 24.3 Å². The first-order valence-electron chi connectivity index (χ1n) is 4.51. The van der Waals surface area contributed by atoms with Crippen molar-refractivity contribution in [1.29, 1.82) is 0 Å². The Morgan fingerprint density at radius 3 is 2.29 bits per heavy atom. The van der Waals surface area contributed by atoms with E-state index in [-0.39, 0.29) is 5.82 Å². The number of halogens is 2. The van der Waals surface area contributed by atoms with E-state index in [9.17, 15) is 8.78 Å². The average molecular weight is 192 g/mol. The van der Waals surface area contributed by atoms with Gasteiger partial charge in [0, 0.05) is 5.39 Å². The van der Waals surface area contributed by atoms with E-state index in [2.05, 4.69) is 0 Å². The largest absolute Gasteiger partial charge is 0.243 e. The first-order valence-corrected chi connectivity index (χ1v) is 4.51. The Labute approximate surface area is 81.2 Å². The maximum Gasteiger partial charge on any atom is 0.131 e. The Balaban J connectivity index is 2.82. The summed E-state index contributed by atoms with van der Waals surface area (Å²) in [6, 6.07) is 9.75. The molecule has 0 aliphatic carbocycles. The molecule has 2 rings (SSSR count). The van der Waals surface area contributed by atoms with Crippen LogP contribution < -0.4 is 0 Å². The van der Waals surface area contributed by atoms with Crippen molar-refractivity contribution in [3.63, 3.8) is 0 Å². The number of benzene rings is 2. The summed E-state index contributed by atoms with van der Waals surface area (Å²) in [4.78, 5) is 0. The van der Waals surface area contributed by atoms with Crippen molar-refractivity contribution in [3.8, 4) is 0 Å². The maximum atomic E-state index is 13.3. The van der Waals surface area contributed by atoms with E-state index in [1.165, 1.54) is 19.1 Å². The lowest BCUT2D eigenvalue weighted by Gasteiger charge is -2.07. The zero-order valence-corrected chi connectivity index (χ0v) is 7.80. The molecule has 2 heteroatoms. The van der Waals surface area contributed by atoms with Crippen molar-refractivity contribution in [3.05, 3.63) is 47.8 Å². The van der Waals surface area contributed by atoms with Crippen LogP contribution in [0.4, 0.5) is 8.78 Å². The summed E-state index contributed by atoms with van der Waals surface area (Å²) in [6.45, 7) is 1.46. The molecule has 0 radical (unpaired) electrons. The van der Waals surface area contributed by atoms with Crippen LogP contribution in [0, 0.1) is 5.82 Å². The molecule has 0 N–H and O–H groups in total. The Kier molecular flexibility index (Phi) is 2.20. The Morgan fingerprint density at radius 2 is 1.64 bits per heavy atom. The van der Waals surface area contributed by atoms with E-state index in [0.717, 1.165) is 0 Å². The van der Waals surface area contributed by atoms with Gasteiger partial charge in [0.2, 0.25) is 0 Å². The molecule has 0 aromatic heterocycles. The van der Waals surface area contributed by atoms with Crippen molar-refractivity contribution in [2.24, 2.45) is 0 Å². The summed E-state index contributed by atoms with van der Waals surface area (Å²) in [5.74, 6) is -0.301. The lowest BCUT2D eigenvalue weighted by molar-refractivity contribution is 0.376. The predicted molar refractivity (Wildman–Crippen MR) is 53.4 cm³/mol.